The van der Waals surface area contributed by atoms with Gasteiger partial charge in [-0.3, -0.25) is 5.09 Å². The molecule has 0 atom stereocenters. The molecular formula is C10H24NOP. The zero-order chi connectivity index (χ0) is 10.2. The molecule has 0 saturated carbocycles. The van der Waals surface area contributed by atoms with Gasteiger partial charge in [-0.25, -0.2) is 0 Å². The summed E-state index contributed by atoms with van der Waals surface area (Å²) >= 11 is 0. The molecule has 0 bridgehead atoms. The van der Waals surface area contributed by atoms with Crippen LogP contribution in [0.25, 0.3) is 0 Å². The molecule has 1 N–H and O–H groups in total. The lowest BCUT2D eigenvalue weighted by atomic mass is 10.4. The minimum Gasteiger partial charge on any atom is -0.307 e. The smallest absolute Gasteiger partial charge is 0.147 e. The van der Waals surface area contributed by atoms with Crippen molar-refractivity contribution in [3.63, 3.8) is 0 Å². The highest BCUT2D eigenvalue weighted by Crippen LogP contribution is 2.42. The van der Waals surface area contributed by atoms with Crippen LogP contribution in [0.1, 0.15) is 46.5 Å². The lowest BCUT2D eigenvalue weighted by Gasteiger charge is -2.18. The van der Waals surface area contributed by atoms with Crippen molar-refractivity contribution in [1.82, 2.24) is 5.09 Å². The maximum atomic E-state index is 12.2. The van der Waals surface area contributed by atoms with E-state index in [0.29, 0.717) is 0 Å². The molecule has 0 amide bonds. The third-order valence-corrected chi connectivity index (χ3v) is 5.16. The van der Waals surface area contributed by atoms with E-state index in [1.165, 1.54) is 0 Å². The second-order valence-electron chi connectivity index (χ2n) is 3.56. The molecule has 0 aromatic rings. The first-order valence-corrected chi connectivity index (χ1v) is 7.59. The average molecular weight is 205 g/mol. The van der Waals surface area contributed by atoms with E-state index >= 15 is 0 Å². The fourth-order valence-corrected chi connectivity index (χ4v) is 4.16. The van der Waals surface area contributed by atoms with E-state index < -0.39 is 7.29 Å². The van der Waals surface area contributed by atoms with Crippen molar-refractivity contribution >= 4 is 7.29 Å². The first-order chi connectivity index (χ1) is 6.18. The standard InChI is InChI=1S/C10H24NOP/c1-4-7-9-13(12,11-6-3)10-8-5-2/h4-10H2,1-3H3,(H,11,12). The number of unbranched alkanes of at least 4 members (excludes halogenated alkanes) is 2. The third kappa shape index (κ3) is 6.29. The van der Waals surface area contributed by atoms with Crippen LogP contribution < -0.4 is 5.09 Å². The number of nitrogens with one attached hydrogen (secondary N) is 1. The van der Waals surface area contributed by atoms with E-state index in [1.54, 1.807) is 0 Å². The lowest BCUT2D eigenvalue weighted by molar-refractivity contribution is 0.560. The third-order valence-electron chi connectivity index (χ3n) is 2.19. The number of hydrogen-bond donors (Lipinski definition) is 1. The van der Waals surface area contributed by atoms with Crippen LogP contribution in [0.15, 0.2) is 0 Å². The summed E-state index contributed by atoms with van der Waals surface area (Å²) in [5, 5.41) is 3.18. The predicted molar refractivity (Wildman–Crippen MR) is 60.8 cm³/mol. The van der Waals surface area contributed by atoms with Crippen molar-refractivity contribution in [1.29, 1.82) is 0 Å². The topological polar surface area (TPSA) is 29.1 Å². The van der Waals surface area contributed by atoms with Crippen molar-refractivity contribution in [2.24, 2.45) is 0 Å². The Morgan fingerprint density at radius 2 is 1.46 bits per heavy atom. The Labute approximate surface area is 82.9 Å². The summed E-state index contributed by atoms with van der Waals surface area (Å²) in [4.78, 5) is 0. The summed E-state index contributed by atoms with van der Waals surface area (Å²) in [6.45, 7) is 7.17. The van der Waals surface area contributed by atoms with Gasteiger partial charge in [0.05, 0.1) is 0 Å². The molecule has 13 heavy (non-hydrogen) atoms. The van der Waals surface area contributed by atoms with E-state index in [-0.39, 0.29) is 0 Å². The van der Waals surface area contributed by atoms with Crippen LogP contribution in [0, 0.1) is 0 Å². The fraction of sp³-hybridized carbons (Fsp3) is 1.00. The zero-order valence-corrected chi connectivity index (χ0v) is 10.2. The maximum Gasteiger partial charge on any atom is 0.147 e. The van der Waals surface area contributed by atoms with Gasteiger partial charge in [-0.05, 0) is 19.4 Å². The van der Waals surface area contributed by atoms with Gasteiger partial charge in [0.25, 0.3) is 0 Å². The SMILES string of the molecule is CCCCP(=O)(CCCC)NCC. The van der Waals surface area contributed by atoms with Crippen molar-refractivity contribution in [2.75, 3.05) is 18.9 Å². The van der Waals surface area contributed by atoms with Gasteiger partial charge >= 0.3 is 0 Å². The highest BCUT2D eigenvalue weighted by atomic mass is 31.2. The largest absolute Gasteiger partial charge is 0.307 e. The van der Waals surface area contributed by atoms with E-state index in [4.69, 9.17) is 0 Å². The summed E-state index contributed by atoms with van der Waals surface area (Å²) in [5.74, 6) is 0. The molecule has 0 aromatic heterocycles. The minimum atomic E-state index is -2.00. The van der Waals surface area contributed by atoms with Gasteiger partial charge in [0.2, 0.25) is 0 Å². The minimum absolute atomic E-state index is 0.838. The molecule has 2 nitrogen and oxygen atoms in total. The maximum absolute atomic E-state index is 12.2. The molecule has 0 fully saturated rings. The average Bonchev–Trinajstić information content (AvgIpc) is 2.12. The second-order valence-corrected chi connectivity index (χ2v) is 6.54. The molecule has 0 heterocycles. The van der Waals surface area contributed by atoms with Crippen LogP contribution in [0.3, 0.4) is 0 Å². The van der Waals surface area contributed by atoms with Gasteiger partial charge in [0.15, 0.2) is 0 Å². The second kappa shape index (κ2) is 7.58. The molecule has 0 aliphatic heterocycles. The number of rotatable bonds is 8. The molecule has 80 valence electrons. The van der Waals surface area contributed by atoms with Gasteiger partial charge in [-0.2, -0.15) is 0 Å². The van der Waals surface area contributed by atoms with Crippen LogP contribution in [0.2, 0.25) is 0 Å². The molecule has 0 saturated heterocycles. The summed E-state index contributed by atoms with van der Waals surface area (Å²) < 4.78 is 12.2. The Kier molecular flexibility index (Phi) is 7.69. The zero-order valence-electron chi connectivity index (χ0n) is 9.31. The van der Waals surface area contributed by atoms with Crippen molar-refractivity contribution in [2.45, 2.75) is 46.5 Å². The lowest BCUT2D eigenvalue weighted by Crippen LogP contribution is -2.14. The van der Waals surface area contributed by atoms with Gasteiger partial charge in [-0.1, -0.05) is 33.6 Å². The molecule has 0 spiro atoms. The monoisotopic (exact) mass is 205 g/mol. The van der Waals surface area contributed by atoms with Crippen LogP contribution >= 0.6 is 7.29 Å². The Balaban J connectivity index is 3.92. The number of hydrogen-bond acceptors (Lipinski definition) is 1. The molecule has 0 unspecified atom stereocenters. The Hall–Kier alpha value is 0.190. The van der Waals surface area contributed by atoms with Gasteiger partial charge < -0.3 is 4.57 Å². The van der Waals surface area contributed by atoms with Crippen LogP contribution in [-0.2, 0) is 4.57 Å². The quantitative estimate of drug-likeness (QED) is 0.615. The Bertz CT molecular complexity index is 147. The molecule has 0 aliphatic carbocycles. The van der Waals surface area contributed by atoms with Crippen molar-refractivity contribution < 1.29 is 4.57 Å². The molecule has 0 rings (SSSR count). The van der Waals surface area contributed by atoms with Crippen molar-refractivity contribution in [3.05, 3.63) is 0 Å². The first kappa shape index (κ1) is 13.2. The predicted octanol–water partition coefficient (Wildman–Crippen LogP) is 3.47. The summed E-state index contributed by atoms with van der Waals surface area (Å²) in [6, 6.07) is 0. The highest BCUT2D eigenvalue weighted by Gasteiger charge is 2.18. The Morgan fingerprint density at radius 3 is 1.77 bits per heavy atom. The molecule has 0 aliphatic rings. The van der Waals surface area contributed by atoms with Gasteiger partial charge in [0.1, 0.15) is 7.29 Å². The van der Waals surface area contributed by atoms with E-state index in [1.807, 2.05) is 6.92 Å². The van der Waals surface area contributed by atoms with Gasteiger partial charge in [0, 0.05) is 12.3 Å². The van der Waals surface area contributed by atoms with Gasteiger partial charge in [-0.15, -0.1) is 0 Å². The fourth-order valence-electron chi connectivity index (χ4n) is 1.39. The summed E-state index contributed by atoms with van der Waals surface area (Å²) in [5.41, 5.74) is 0. The molecular weight excluding hydrogens is 181 g/mol. The van der Waals surface area contributed by atoms with Crippen molar-refractivity contribution in [3.8, 4) is 0 Å². The van der Waals surface area contributed by atoms with Crippen LogP contribution in [-0.4, -0.2) is 18.9 Å². The highest BCUT2D eigenvalue weighted by molar-refractivity contribution is 7.61. The summed E-state index contributed by atoms with van der Waals surface area (Å²) in [7, 11) is -2.00. The van der Waals surface area contributed by atoms with Crippen LogP contribution in [0.5, 0.6) is 0 Å². The van der Waals surface area contributed by atoms with E-state index in [9.17, 15) is 4.57 Å². The summed E-state index contributed by atoms with van der Waals surface area (Å²) in [6.07, 6.45) is 6.24. The van der Waals surface area contributed by atoms with E-state index in [0.717, 1.165) is 44.6 Å². The Morgan fingerprint density at radius 1 is 1.00 bits per heavy atom. The normalized spacial score (nSPS) is 11.9. The molecule has 0 aromatic carbocycles. The first-order valence-electron chi connectivity index (χ1n) is 5.51. The molecule has 3 heteroatoms. The molecule has 0 radical (unpaired) electrons. The van der Waals surface area contributed by atoms with E-state index in [2.05, 4.69) is 18.9 Å². The van der Waals surface area contributed by atoms with Crippen LogP contribution in [0.4, 0.5) is 0 Å².